The van der Waals surface area contributed by atoms with Crippen molar-refractivity contribution in [2.24, 2.45) is 21.3 Å². The molecule has 0 aromatic heterocycles. The van der Waals surface area contributed by atoms with Gasteiger partial charge in [-0.15, -0.1) is 0 Å². The van der Waals surface area contributed by atoms with E-state index in [0.717, 1.165) is 0 Å². The van der Waals surface area contributed by atoms with Crippen LogP contribution in [0.1, 0.15) is 60.3 Å². The van der Waals surface area contributed by atoms with Crippen LogP contribution in [-0.2, 0) is 4.79 Å². The number of rotatable bonds is 2. The fourth-order valence-corrected chi connectivity index (χ4v) is 8.28. The van der Waals surface area contributed by atoms with Gasteiger partial charge in [-0.1, -0.05) is 105 Å². The van der Waals surface area contributed by atoms with Crippen LogP contribution in [-0.4, -0.2) is 35.1 Å². The molecule has 0 spiro atoms. The van der Waals surface area contributed by atoms with Crippen LogP contribution in [0.4, 0.5) is 11.4 Å². The van der Waals surface area contributed by atoms with Gasteiger partial charge < -0.3 is 10.6 Å². The van der Waals surface area contributed by atoms with Crippen LogP contribution in [0, 0.1) is 18.3 Å². The molecular weight excluding hydrogens is 753 g/mol. The Kier molecular flexibility index (Phi) is 7.69. The molecule has 2 atom stereocenters. The smallest absolute Gasteiger partial charge is 0.259 e. The van der Waals surface area contributed by atoms with Crippen molar-refractivity contribution in [3.63, 3.8) is 0 Å². The number of hydrogen-bond acceptors (Lipinski definition) is 6. The fourth-order valence-electron chi connectivity index (χ4n) is 6.14. The second-order valence-corrected chi connectivity index (χ2v) is 13.8. The van der Waals surface area contributed by atoms with Gasteiger partial charge in [0.25, 0.3) is 5.91 Å². The van der Waals surface area contributed by atoms with Gasteiger partial charge in [-0.25, -0.2) is 9.98 Å². The van der Waals surface area contributed by atoms with E-state index in [1.54, 1.807) is 26.0 Å². The molecular formula is C32H15Cl7N4O4. The quantitative estimate of drug-likeness (QED) is 0.199. The number of halogens is 7. The van der Waals surface area contributed by atoms with Crippen LogP contribution in [0.15, 0.2) is 66.5 Å². The van der Waals surface area contributed by atoms with E-state index in [4.69, 9.17) is 81.2 Å². The summed E-state index contributed by atoms with van der Waals surface area (Å²) >= 11 is 44.9. The van der Waals surface area contributed by atoms with E-state index in [-0.39, 0.29) is 91.6 Å². The molecule has 3 aromatic rings. The number of carbonyl (C=O) groups excluding carboxylic acids is 4. The number of fused-ring (bicyclic) bond motifs is 4. The lowest BCUT2D eigenvalue weighted by Gasteiger charge is -2.32. The summed E-state index contributed by atoms with van der Waals surface area (Å²) in [6.45, 7) is 3.20. The lowest BCUT2D eigenvalue weighted by Crippen LogP contribution is -2.35. The molecule has 0 radical (unpaired) electrons. The van der Waals surface area contributed by atoms with Gasteiger partial charge in [0.1, 0.15) is 11.7 Å². The molecule has 15 heteroatoms. The van der Waals surface area contributed by atoms with E-state index >= 15 is 0 Å². The second kappa shape index (κ2) is 11.2. The fraction of sp³-hybridized carbons (Fsp3) is 0.125. The summed E-state index contributed by atoms with van der Waals surface area (Å²) in [7, 11) is 0. The molecule has 7 rings (SSSR count). The molecule has 2 unspecified atom stereocenters. The van der Waals surface area contributed by atoms with Crippen molar-refractivity contribution in [2.45, 2.75) is 13.8 Å². The van der Waals surface area contributed by atoms with Gasteiger partial charge in [-0.2, -0.15) is 0 Å². The predicted octanol–water partition coefficient (Wildman–Crippen LogP) is 8.73. The van der Waals surface area contributed by atoms with Crippen LogP contribution in [0.3, 0.4) is 0 Å². The monoisotopic (exact) mass is 764 g/mol. The lowest BCUT2D eigenvalue weighted by atomic mass is 9.75. The van der Waals surface area contributed by atoms with Crippen LogP contribution >= 0.6 is 81.2 Å². The van der Waals surface area contributed by atoms with Crippen LogP contribution < -0.4 is 10.6 Å². The largest absolute Gasteiger partial charge is 0.313 e. The summed E-state index contributed by atoms with van der Waals surface area (Å²) in [5, 5.41) is 5.61. The molecule has 0 saturated carbocycles. The zero-order valence-electron chi connectivity index (χ0n) is 23.7. The predicted molar refractivity (Wildman–Crippen MR) is 184 cm³/mol. The Hall–Kier alpha value is -3.21. The first-order chi connectivity index (χ1) is 22.2. The number of benzene rings is 3. The maximum atomic E-state index is 14.1. The first kappa shape index (κ1) is 32.3. The summed E-state index contributed by atoms with van der Waals surface area (Å²) in [5.41, 5.74) is -0.359. The molecule has 4 aliphatic rings. The van der Waals surface area contributed by atoms with Crippen molar-refractivity contribution < 1.29 is 19.2 Å². The first-order valence-corrected chi connectivity index (χ1v) is 16.3. The Labute approximate surface area is 301 Å². The topological polar surface area (TPSA) is 117 Å². The van der Waals surface area contributed by atoms with E-state index in [2.05, 4.69) is 20.6 Å². The van der Waals surface area contributed by atoms with E-state index in [9.17, 15) is 19.2 Å². The third kappa shape index (κ3) is 4.43. The number of aliphatic imine (C=N–C) groups is 2. The van der Waals surface area contributed by atoms with E-state index < -0.39 is 34.7 Å². The zero-order valence-corrected chi connectivity index (χ0v) is 29.0. The minimum Gasteiger partial charge on any atom is -0.313 e. The van der Waals surface area contributed by atoms with Gasteiger partial charge in [-0.05, 0) is 31.5 Å². The summed E-state index contributed by atoms with van der Waals surface area (Å²) in [5.74, 6) is -2.95. The van der Waals surface area contributed by atoms with Gasteiger partial charge in [-0.3, -0.25) is 19.2 Å². The maximum absolute atomic E-state index is 14.1. The SMILES string of the molecule is Cc1c(Cl)c(Cl)c2c(c1Cl)C(=Nc1cccc3c1C(=O)c1cccc(N=C4NC(=O)C5(C)C(Cl)=C(Cl)C(Cl)=C(Cl)C45)c1C3=O)NC2=O. The molecule has 1 saturated heterocycles. The number of amides is 2. The van der Waals surface area contributed by atoms with Gasteiger partial charge in [0.05, 0.1) is 80.2 Å². The minimum atomic E-state index is -1.41. The van der Waals surface area contributed by atoms with Crippen molar-refractivity contribution >= 4 is 128 Å². The molecule has 8 nitrogen and oxygen atoms in total. The molecule has 2 amide bonds. The normalized spacial score (nSPS) is 23.3. The molecule has 236 valence electrons. The number of ketones is 2. The number of allylic oxidation sites excluding steroid dienone is 2. The molecule has 2 aliphatic heterocycles. The minimum absolute atomic E-state index is 0.00594. The van der Waals surface area contributed by atoms with Gasteiger partial charge in [0.2, 0.25) is 5.91 Å². The van der Waals surface area contributed by atoms with Crippen molar-refractivity contribution in [2.75, 3.05) is 0 Å². The molecule has 0 bridgehead atoms. The van der Waals surface area contributed by atoms with Gasteiger partial charge >= 0.3 is 0 Å². The van der Waals surface area contributed by atoms with Crippen molar-refractivity contribution in [1.29, 1.82) is 0 Å². The maximum Gasteiger partial charge on any atom is 0.259 e. The highest BCUT2D eigenvalue weighted by Gasteiger charge is 2.57. The van der Waals surface area contributed by atoms with Crippen LogP contribution in [0.25, 0.3) is 0 Å². The molecule has 1 fully saturated rings. The average Bonchev–Trinajstić information content (AvgIpc) is 3.51. The van der Waals surface area contributed by atoms with Crippen LogP contribution in [0.2, 0.25) is 15.1 Å². The second-order valence-electron chi connectivity index (χ2n) is 11.2. The number of nitrogens with one attached hydrogen (secondary N) is 2. The Morgan fingerprint density at radius 1 is 0.681 bits per heavy atom. The van der Waals surface area contributed by atoms with E-state index in [0.29, 0.717) is 5.56 Å². The highest BCUT2D eigenvalue weighted by atomic mass is 35.5. The Bertz CT molecular complexity index is 2240. The Morgan fingerprint density at radius 3 is 1.85 bits per heavy atom. The average molecular weight is 768 g/mol. The Balaban J connectivity index is 1.35. The third-order valence-electron chi connectivity index (χ3n) is 8.61. The number of carbonyl (C=O) groups is 4. The number of hydrogen-bond donors (Lipinski definition) is 2. The van der Waals surface area contributed by atoms with Crippen LogP contribution in [0.5, 0.6) is 0 Å². The molecule has 2 N–H and O–H groups in total. The molecule has 2 heterocycles. The molecule has 3 aromatic carbocycles. The van der Waals surface area contributed by atoms with E-state index in [1.165, 1.54) is 24.3 Å². The van der Waals surface area contributed by atoms with Crippen molar-refractivity contribution in [3.05, 3.63) is 111 Å². The highest BCUT2D eigenvalue weighted by molar-refractivity contribution is 6.53. The third-order valence-corrected chi connectivity index (χ3v) is 12.1. The highest BCUT2D eigenvalue weighted by Crippen LogP contribution is 2.55. The zero-order chi connectivity index (χ0) is 33.9. The molecule has 47 heavy (non-hydrogen) atoms. The van der Waals surface area contributed by atoms with Gasteiger partial charge in [0, 0.05) is 11.1 Å². The summed E-state index contributed by atoms with van der Waals surface area (Å²) in [6, 6.07) is 9.15. The lowest BCUT2D eigenvalue weighted by molar-refractivity contribution is -0.125. The van der Waals surface area contributed by atoms with E-state index in [1.807, 2.05) is 0 Å². The van der Waals surface area contributed by atoms with Gasteiger partial charge in [0.15, 0.2) is 11.6 Å². The Morgan fingerprint density at radius 2 is 1.26 bits per heavy atom. The molecule has 2 aliphatic carbocycles. The van der Waals surface area contributed by atoms with Crippen molar-refractivity contribution in [3.8, 4) is 0 Å². The number of amidine groups is 2. The summed E-state index contributed by atoms with van der Waals surface area (Å²) in [4.78, 5) is 63.5. The summed E-state index contributed by atoms with van der Waals surface area (Å²) < 4.78 is 0. The standard InChI is InChI=1S/C32H15Cl7N4O4/c1-9-19(33)16-17(21(35)20(9)34)30(46)42-28(16)40-12-7-3-5-10-14(12)25(44)11-6-4-8-13(15(11)26(10)45)41-29-18-22(36)23(37)24(38)27(39)32(18,2)31(47)43-29/h3-8,18H,1-2H3,(H,40,42,46)(H,41,43,47). The summed E-state index contributed by atoms with van der Waals surface area (Å²) in [6.07, 6.45) is 0. The van der Waals surface area contributed by atoms with Crippen molar-refractivity contribution in [1.82, 2.24) is 10.6 Å². The first-order valence-electron chi connectivity index (χ1n) is 13.6. The number of nitrogens with zero attached hydrogens (tertiary/aromatic N) is 2.